The molecule has 0 amide bonds. The van der Waals surface area contributed by atoms with Gasteiger partial charge >= 0.3 is 0 Å². The SMILES string of the molecule is COCc1cc(OC)ccc1CC1CCCNC1. The summed E-state index contributed by atoms with van der Waals surface area (Å²) in [5.74, 6) is 1.66. The highest BCUT2D eigenvalue weighted by Crippen LogP contribution is 2.23. The van der Waals surface area contributed by atoms with Crippen LogP contribution < -0.4 is 10.1 Å². The van der Waals surface area contributed by atoms with Gasteiger partial charge in [-0.25, -0.2) is 0 Å². The molecule has 1 saturated heterocycles. The van der Waals surface area contributed by atoms with Gasteiger partial charge in [0.2, 0.25) is 0 Å². The van der Waals surface area contributed by atoms with Gasteiger partial charge in [-0.3, -0.25) is 0 Å². The summed E-state index contributed by atoms with van der Waals surface area (Å²) in [5.41, 5.74) is 2.65. The predicted molar refractivity (Wildman–Crippen MR) is 73.0 cm³/mol. The first-order valence-corrected chi connectivity index (χ1v) is 6.69. The molecule has 0 aliphatic carbocycles. The Morgan fingerprint density at radius 3 is 2.83 bits per heavy atom. The van der Waals surface area contributed by atoms with E-state index in [9.17, 15) is 0 Å². The van der Waals surface area contributed by atoms with Crippen molar-refractivity contribution in [3.63, 3.8) is 0 Å². The normalized spacial score (nSPS) is 19.8. The summed E-state index contributed by atoms with van der Waals surface area (Å²) < 4.78 is 10.6. The topological polar surface area (TPSA) is 30.5 Å². The van der Waals surface area contributed by atoms with Crippen LogP contribution in [0.1, 0.15) is 24.0 Å². The van der Waals surface area contributed by atoms with Gasteiger partial charge in [-0.15, -0.1) is 0 Å². The van der Waals surface area contributed by atoms with E-state index in [1.807, 2.05) is 6.07 Å². The van der Waals surface area contributed by atoms with Crippen LogP contribution in [0.2, 0.25) is 0 Å². The van der Waals surface area contributed by atoms with Crippen molar-refractivity contribution in [1.29, 1.82) is 0 Å². The van der Waals surface area contributed by atoms with Crippen LogP contribution in [0.4, 0.5) is 0 Å². The minimum atomic E-state index is 0.659. The molecule has 1 fully saturated rings. The quantitative estimate of drug-likeness (QED) is 0.869. The van der Waals surface area contributed by atoms with Gasteiger partial charge in [-0.2, -0.15) is 0 Å². The molecular formula is C15H23NO2. The molecule has 1 aliphatic heterocycles. The van der Waals surface area contributed by atoms with Gasteiger partial charge in [0.25, 0.3) is 0 Å². The molecule has 1 heterocycles. The van der Waals surface area contributed by atoms with Crippen LogP contribution in [-0.2, 0) is 17.8 Å². The minimum absolute atomic E-state index is 0.659. The fraction of sp³-hybridized carbons (Fsp3) is 0.600. The predicted octanol–water partition coefficient (Wildman–Crippen LogP) is 2.38. The second-order valence-electron chi connectivity index (χ2n) is 4.98. The van der Waals surface area contributed by atoms with Gasteiger partial charge in [-0.05, 0) is 61.5 Å². The van der Waals surface area contributed by atoms with Crippen molar-refractivity contribution < 1.29 is 9.47 Å². The maximum Gasteiger partial charge on any atom is 0.119 e. The smallest absolute Gasteiger partial charge is 0.119 e. The highest BCUT2D eigenvalue weighted by Gasteiger charge is 2.15. The number of hydrogen-bond acceptors (Lipinski definition) is 3. The van der Waals surface area contributed by atoms with Gasteiger partial charge in [0.05, 0.1) is 13.7 Å². The lowest BCUT2D eigenvalue weighted by molar-refractivity contribution is 0.183. The van der Waals surface area contributed by atoms with Gasteiger partial charge in [0.15, 0.2) is 0 Å². The summed E-state index contributed by atoms with van der Waals surface area (Å²) in [6.07, 6.45) is 3.75. The zero-order valence-electron chi connectivity index (χ0n) is 11.4. The van der Waals surface area contributed by atoms with Crippen LogP contribution in [-0.4, -0.2) is 27.3 Å². The number of rotatable bonds is 5. The number of methoxy groups -OCH3 is 2. The zero-order valence-corrected chi connectivity index (χ0v) is 11.4. The Balaban J connectivity index is 2.09. The first kappa shape index (κ1) is 13.4. The first-order valence-electron chi connectivity index (χ1n) is 6.69. The van der Waals surface area contributed by atoms with Crippen LogP contribution in [0.25, 0.3) is 0 Å². The Hall–Kier alpha value is -1.06. The summed E-state index contributed by atoms with van der Waals surface area (Å²) in [6.45, 7) is 2.97. The van der Waals surface area contributed by atoms with E-state index in [2.05, 4.69) is 17.4 Å². The van der Waals surface area contributed by atoms with Crippen molar-refractivity contribution in [3.05, 3.63) is 29.3 Å². The van der Waals surface area contributed by atoms with E-state index in [1.165, 1.54) is 30.5 Å². The van der Waals surface area contributed by atoms with E-state index in [0.29, 0.717) is 6.61 Å². The highest BCUT2D eigenvalue weighted by molar-refractivity contribution is 5.35. The third-order valence-electron chi connectivity index (χ3n) is 3.62. The summed E-state index contributed by atoms with van der Waals surface area (Å²) in [7, 11) is 3.45. The maximum absolute atomic E-state index is 5.29. The summed E-state index contributed by atoms with van der Waals surface area (Å²) in [6, 6.07) is 6.32. The fourth-order valence-corrected chi connectivity index (χ4v) is 2.63. The molecule has 0 spiro atoms. The Morgan fingerprint density at radius 1 is 1.28 bits per heavy atom. The first-order chi connectivity index (χ1) is 8.83. The molecule has 1 aliphatic rings. The number of nitrogens with one attached hydrogen (secondary N) is 1. The van der Waals surface area contributed by atoms with Crippen molar-refractivity contribution in [1.82, 2.24) is 5.32 Å². The number of hydrogen-bond donors (Lipinski definition) is 1. The van der Waals surface area contributed by atoms with Gasteiger partial charge in [0, 0.05) is 7.11 Å². The van der Waals surface area contributed by atoms with Crippen molar-refractivity contribution >= 4 is 0 Å². The Labute approximate surface area is 109 Å². The lowest BCUT2D eigenvalue weighted by Gasteiger charge is -2.23. The molecule has 0 saturated carbocycles. The van der Waals surface area contributed by atoms with Gasteiger partial charge in [0.1, 0.15) is 5.75 Å². The van der Waals surface area contributed by atoms with E-state index < -0.39 is 0 Å². The Bertz CT molecular complexity index is 373. The standard InChI is InChI=1S/C15H23NO2/c1-17-11-14-9-15(18-2)6-5-13(14)8-12-4-3-7-16-10-12/h5-6,9,12,16H,3-4,7-8,10-11H2,1-2H3. The van der Waals surface area contributed by atoms with Crippen LogP contribution in [0.5, 0.6) is 5.75 Å². The largest absolute Gasteiger partial charge is 0.497 e. The molecule has 1 atom stereocenters. The average molecular weight is 249 g/mol. The summed E-state index contributed by atoms with van der Waals surface area (Å²) in [4.78, 5) is 0. The van der Waals surface area contributed by atoms with Crippen LogP contribution >= 0.6 is 0 Å². The van der Waals surface area contributed by atoms with Crippen LogP contribution in [0, 0.1) is 5.92 Å². The molecule has 18 heavy (non-hydrogen) atoms. The van der Waals surface area contributed by atoms with E-state index >= 15 is 0 Å². The second-order valence-corrected chi connectivity index (χ2v) is 4.98. The molecule has 1 aromatic rings. The van der Waals surface area contributed by atoms with E-state index in [-0.39, 0.29) is 0 Å². The van der Waals surface area contributed by atoms with Gasteiger partial charge in [-0.1, -0.05) is 6.07 Å². The number of ether oxygens (including phenoxy) is 2. The molecule has 0 aromatic heterocycles. The minimum Gasteiger partial charge on any atom is -0.497 e. The number of piperidine rings is 1. The van der Waals surface area contributed by atoms with E-state index in [0.717, 1.165) is 24.6 Å². The molecule has 0 radical (unpaired) electrons. The molecule has 3 nitrogen and oxygen atoms in total. The van der Waals surface area contributed by atoms with Crippen LogP contribution in [0.3, 0.4) is 0 Å². The van der Waals surface area contributed by atoms with E-state index in [4.69, 9.17) is 9.47 Å². The van der Waals surface area contributed by atoms with E-state index in [1.54, 1.807) is 14.2 Å². The lowest BCUT2D eigenvalue weighted by Crippen LogP contribution is -2.31. The zero-order chi connectivity index (χ0) is 12.8. The summed E-state index contributed by atoms with van der Waals surface area (Å²) >= 11 is 0. The highest BCUT2D eigenvalue weighted by atomic mass is 16.5. The lowest BCUT2D eigenvalue weighted by atomic mass is 9.90. The molecule has 1 aromatic carbocycles. The Morgan fingerprint density at radius 2 is 2.17 bits per heavy atom. The molecule has 1 N–H and O–H groups in total. The molecule has 100 valence electrons. The Kier molecular flexibility index (Phi) is 5.02. The molecular weight excluding hydrogens is 226 g/mol. The van der Waals surface area contributed by atoms with Crippen molar-refractivity contribution in [2.45, 2.75) is 25.9 Å². The third kappa shape index (κ3) is 3.47. The second kappa shape index (κ2) is 6.76. The number of benzene rings is 1. The maximum atomic E-state index is 5.29. The van der Waals surface area contributed by atoms with Crippen molar-refractivity contribution in [2.75, 3.05) is 27.3 Å². The molecule has 3 heteroatoms. The monoisotopic (exact) mass is 249 g/mol. The van der Waals surface area contributed by atoms with Gasteiger partial charge < -0.3 is 14.8 Å². The van der Waals surface area contributed by atoms with Crippen molar-refractivity contribution in [2.24, 2.45) is 5.92 Å². The fourth-order valence-electron chi connectivity index (χ4n) is 2.63. The van der Waals surface area contributed by atoms with Crippen molar-refractivity contribution in [3.8, 4) is 5.75 Å². The van der Waals surface area contributed by atoms with Crippen LogP contribution in [0.15, 0.2) is 18.2 Å². The molecule has 2 rings (SSSR count). The summed E-state index contributed by atoms with van der Waals surface area (Å²) in [5, 5.41) is 3.47. The third-order valence-corrected chi connectivity index (χ3v) is 3.62. The molecule has 0 bridgehead atoms. The molecule has 1 unspecified atom stereocenters. The average Bonchev–Trinajstić information content (AvgIpc) is 2.42.